The van der Waals surface area contributed by atoms with Gasteiger partial charge in [-0.15, -0.1) is 0 Å². The Labute approximate surface area is 89.0 Å². The van der Waals surface area contributed by atoms with Crippen LogP contribution in [0.25, 0.3) is 0 Å². The van der Waals surface area contributed by atoms with E-state index >= 15 is 0 Å². The summed E-state index contributed by atoms with van der Waals surface area (Å²) in [6, 6.07) is 9.68. The van der Waals surface area contributed by atoms with Gasteiger partial charge in [-0.2, -0.15) is 0 Å². The van der Waals surface area contributed by atoms with E-state index in [-0.39, 0.29) is 18.1 Å². The van der Waals surface area contributed by atoms with Gasteiger partial charge in [0.05, 0.1) is 5.60 Å². The number of hydrogen-bond donors (Lipinski definition) is 0. The highest BCUT2D eigenvalue weighted by molar-refractivity contribution is 5.20. The minimum absolute atomic E-state index is 0.134. The SMILES string of the molecule is CC(C)(OCC[N+](=O)[O-])c1ccccc1. The van der Waals surface area contributed by atoms with Crippen molar-refractivity contribution in [3.8, 4) is 0 Å². The minimum Gasteiger partial charge on any atom is -0.364 e. The Balaban J connectivity index is 2.56. The first-order valence-electron chi connectivity index (χ1n) is 4.83. The first-order chi connectivity index (χ1) is 7.02. The quantitative estimate of drug-likeness (QED) is 0.552. The van der Waals surface area contributed by atoms with E-state index in [1.165, 1.54) is 0 Å². The van der Waals surface area contributed by atoms with Crippen molar-refractivity contribution < 1.29 is 9.66 Å². The van der Waals surface area contributed by atoms with Crippen molar-refractivity contribution in [2.75, 3.05) is 13.2 Å². The van der Waals surface area contributed by atoms with E-state index in [9.17, 15) is 10.1 Å². The van der Waals surface area contributed by atoms with Crippen LogP contribution in [-0.4, -0.2) is 18.1 Å². The number of nitro groups is 1. The monoisotopic (exact) mass is 209 g/mol. The van der Waals surface area contributed by atoms with Crippen LogP contribution >= 0.6 is 0 Å². The van der Waals surface area contributed by atoms with E-state index in [4.69, 9.17) is 4.74 Å². The summed E-state index contributed by atoms with van der Waals surface area (Å²) in [4.78, 5) is 9.77. The highest BCUT2D eigenvalue weighted by Crippen LogP contribution is 2.23. The van der Waals surface area contributed by atoms with Crippen LogP contribution in [-0.2, 0) is 10.3 Å². The van der Waals surface area contributed by atoms with Crippen LogP contribution in [0.15, 0.2) is 30.3 Å². The lowest BCUT2D eigenvalue weighted by atomic mass is 9.98. The van der Waals surface area contributed by atoms with E-state index in [0.29, 0.717) is 0 Å². The van der Waals surface area contributed by atoms with Crippen molar-refractivity contribution >= 4 is 0 Å². The van der Waals surface area contributed by atoms with Gasteiger partial charge in [-0.05, 0) is 19.4 Å². The first-order valence-corrected chi connectivity index (χ1v) is 4.83. The number of hydrogen-bond acceptors (Lipinski definition) is 3. The fraction of sp³-hybridized carbons (Fsp3) is 0.455. The van der Waals surface area contributed by atoms with Gasteiger partial charge in [0.25, 0.3) is 0 Å². The van der Waals surface area contributed by atoms with Crippen molar-refractivity contribution in [3.63, 3.8) is 0 Å². The highest BCUT2D eigenvalue weighted by Gasteiger charge is 2.21. The molecule has 1 aromatic rings. The van der Waals surface area contributed by atoms with Gasteiger partial charge in [0.1, 0.15) is 6.61 Å². The molecule has 1 aromatic carbocycles. The fourth-order valence-corrected chi connectivity index (χ4v) is 1.30. The second-order valence-corrected chi connectivity index (χ2v) is 3.78. The molecule has 0 saturated carbocycles. The molecule has 0 atom stereocenters. The number of nitrogens with zero attached hydrogens (tertiary/aromatic N) is 1. The molecule has 0 N–H and O–H groups in total. The lowest BCUT2D eigenvalue weighted by molar-refractivity contribution is -0.485. The predicted octanol–water partition coefficient (Wildman–Crippen LogP) is 2.21. The molecule has 15 heavy (non-hydrogen) atoms. The lowest BCUT2D eigenvalue weighted by Crippen LogP contribution is -2.24. The van der Waals surface area contributed by atoms with Gasteiger partial charge in [-0.1, -0.05) is 30.3 Å². The molecule has 0 fully saturated rings. The van der Waals surface area contributed by atoms with E-state index in [2.05, 4.69) is 0 Å². The van der Waals surface area contributed by atoms with Gasteiger partial charge < -0.3 is 4.74 Å². The van der Waals surface area contributed by atoms with Crippen LogP contribution in [0.2, 0.25) is 0 Å². The maximum atomic E-state index is 10.1. The normalized spacial score (nSPS) is 11.3. The van der Waals surface area contributed by atoms with Crippen LogP contribution in [0.4, 0.5) is 0 Å². The second kappa shape index (κ2) is 4.89. The largest absolute Gasteiger partial charge is 0.364 e. The summed E-state index contributed by atoms with van der Waals surface area (Å²) in [6.45, 7) is 3.79. The van der Waals surface area contributed by atoms with Crippen molar-refractivity contribution in [1.82, 2.24) is 0 Å². The average Bonchev–Trinajstić information content (AvgIpc) is 2.18. The Morgan fingerprint density at radius 3 is 2.47 bits per heavy atom. The van der Waals surface area contributed by atoms with Crippen LogP contribution in [0, 0.1) is 10.1 Å². The summed E-state index contributed by atoms with van der Waals surface area (Å²) in [7, 11) is 0. The van der Waals surface area contributed by atoms with Gasteiger partial charge >= 0.3 is 0 Å². The zero-order chi connectivity index (χ0) is 11.3. The summed E-state index contributed by atoms with van der Waals surface area (Å²) in [5, 5.41) is 10.1. The molecule has 0 aliphatic carbocycles. The third-order valence-electron chi connectivity index (χ3n) is 2.21. The Kier molecular flexibility index (Phi) is 3.80. The molecule has 4 nitrogen and oxygen atoms in total. The molecule has 0 amide bonds. The van der Waals surface area contributed by atoms with Crippen LogP contribution in [0.1, 0.15) is 19.4 Å². The average molecular weight is 209 g/mol. The molecule has 82 valence electrons. The molecule has 4 heteroatoms. The van der Waals surface area contributed by atoms with Crippen LogP contribution in [0.3, 0.4) is 0 Å². The summed E-state index contributed by atoms with van der Waals surface area (Å²) >= 11 is 0. The minimum atomic E-state index is -0.475. The standard InChI is InChI=1S/C11H15NO3/c1-11(2,15-9-8-12(13)14)10-6-4-3-5-7-10/h3-7H,8-9H2,1-2H3. The molecule has 0 unspecified atom stereocenters. The molecule has 0 radical (unpaired) electrons. The summed E-state index contributed by atoms with van der Waals surface area (Å²) in [5.41, 5.74) is 0.547. The predicted molar refractivity (Wildman–Crippen MR) is 57.3 cm³/mol. The third kappa shape index (κ3) is 3.67. The van der Waals surface area contributed by atoms with Gasteiger partial charge in [-0.25, -0.2) is 0 Å². The lowest BCUT2D eigenvalue weighted by Gasteiger charge is -2.24. The Hall–Kier alpha value is -1.42. The van der Waals surface area contributed by atoms with Crippen LogP contribution in [0.5, 0.6) is 0 Å². The number of rotatable bonds is 5. The Bertz CT molecular complexity index is 322. The summed E-state index contributed by atoms with van der Waals surface area (Å²) < 4.78 is 5.48. The molecule has 0 aliphatic heterocycles. The highest BCUT2D eigenvalue weighted by atomic mass is 16.6. The zero-order valence-electron chi connectivity index (χ0n) is 8.97. The summed E-state index contributed by atoms with van der Waals surface area (Å²) in [5.74, 6) is 0. The van der Waals surface area contributed by atoms with Gasteiger partial charge in [-0.3, -0.25) is 10.1 Å². The molecule has 0 aliphatic rings. The number of benzene rings is 1. The third-order valence-corrected chi connectivity index (χ3v) is 2.21. The van der Waals surface area contributed by atoms with Gasteiger partial charge in [0.15, 0.2) is 0 Å². The van der Waals surface area contributed by atoms with Crippen molar-refractivity contribution in [1.29, 1.82) is 0 Å². The molecule has 0 bridgehead atoms. The maximum absolute atomic E-state index is 10.1. The van der Waals surface area contributed by atoms with E-state index in [1.807, 2.05) is 44.2 Å². The van der Waals surface area contributed by atoms with Gasteiger partial charge in [0.2, 0.25) is 6.54 Å². The first kappa shape index (κ1) is 11.7. The molecule has 0 spiro atoms. The van der Waals surface area contributed by atoms with Gasteiger partial charge in [0, 0.05) is 4.92 Å². The van der Waals surface area contributed by atoms with Crippen molar-refractivity contribution in [2.24, 2.45) is 0 Å². The molecular formula is C11H15NO3. The molecular weight excluding hydrogens is 194 g/mol. The molecule has 1 rings (SSSR count). The van der Waals surface area contributed by atoms with E-state index in [0.717, 1.165) is 5.56 Å². The Morgan fingerprint density at radius 2 is 1.93 bits per heavy atom. The topological polar surface area (TPSA) is 52.4 Å². The zero-order valence-corrected chi connectivity index (χ0v) is 8.97. The van der Waals surface area contributed by atoms with Crippen molar-refractivity contribution in [3.05, 3.63) is 46.0 Å². The smallest absolute Gasteiger partial charge is 0.226 e. The molecule has 0 saturated heterocycles. The van der Waals surface area contributed by atoms with Crippen molar-refractivity contribution in [2.45, 2.75) is 19.4 Å². The number of ether oxygens (including phenoxy) is 1. The maximum Gasteiger partial charge on any atom is 0.226 e. The van der Waals surface area contributed by atoms with E-state index < -0.39 is 5.60 Å². The summed E-state index contributed by atoms with van der Waals surface area (Å²) in [6.07, 6.45) is 0. The Morgan fingerprint density at radius 1 is 1.33 bits per heavy atom. The van der Waals surface area contributed by atoms with Crippen LogP contribution < -0.4 is 0 Å². The molecule has 0 aromatic heterocycles. The van der Waals surface area contributed by atoms with E-state index in [1.54, 1.807) is 0 Å². The second-order valence-electron chi connectivity index (χ2n) is 3.78. The molecule has 0 heterocycles. The fourth-order valence-electron chi connectivity index (χ4n) is 1.30.